The highest BCUT2D eigenvalue weighted by atomic mass is 16.8. The average molecular weight is 771 g/mol. The van der Waals surface area contributed by atoms with Crippen LogP contribution in [0.15, 0.2) is 45.6 Å². The van der Waals surface area contributed by atoms with Crippen LogP contribution < -0.4 is 14.9 Å². The first-order valence-electron chi connectivity index (χ1n) is 16.8. The average Bonchev–Trinajstić information content (AvgIpc) is 3.15. The number of benzene rings is 2. The smallest absolute Gasteiger partial charge is 0.239 e. The van der Waals surface area contributed by atoms with Crippen molar-refractivity contribution < 1.29 is 93.7 Å². The minimum absolute atomic E-state index is 0.202. The zero-order valence-corrected chi connectivity index (χ0v) is 28.6. The molecule has 0 aliphatic carbocycles. The maximum atomic E-state index is 14.1. The zero-order chi connectivity index (χ0) is 39.2. The van der Waals surface area contributed by atoms with E-state index in [2.05, 4.69) is 0 Å². The largest absolute Gasteiger partial charge is 0.508 e. The van der Waals surface area contributed by atoms with Crippen LogP contribution in [0.25, 0.3) is 22.3 Å². The molecule has 6 rings (SSSR count). The number of aliphatic hydroxyl groups is 9. The van der Waals surface area contributed by atoms with Gasteiger partial charge in [-0.1, -0.05) is 0 Å². The standard InChI is InChI=1S/C34H42O20/c1-11-20(38)24(42)27(45)32(49-11)48-10-18-22(40)26(44)31(54-33-28(46)25(43)21(39)17(9-35)51-33)34(52-18)53-30-23(41)19-15(37)7-13(36)8-16(19)50-29(30)12-3-5-14(47-2)6-4-12/h3-8,11,17-18,20-22,24-28,31-40,42-46H,9-10H2,1-2H3/t11-,17-,18-,20+,21+,22+,24+,25+,26-,27+,28+,31-,32+,33-,34-/m0/s1. The number of phenols is 2. The molecule has 3 aliphatic rings. The van der Waals surface area contributed by atoms with Crippen LogP contribution in [0.1, 0.15) is 6.92 Å². The molecule has 54 heavy (non-hydrogen) atoms. The third kappa shape index (κ3) is 7.59. The summed E-state index contributed by atoms with van der Waals surface area (Å²) in [5.74, 6) is -1.65. The van der Waals surface area contributed by atoms with Crippen LogP contribution in [0, 0.1) is 0 Å². The van der Waals surface area contributed by atoms with Gasteiger partial charge in [0.2, 0.25) is 17.5 Å². The Morgan fingerprint density at radius 1 is 0.722 bits per heavy atom. The zero-order valence-electron chi connectivity index (χ0n) is 28.6. The molecule has 0 saturated carbocycles. The topological polar surface area (TPSA) is 317 Å². The van der Waals surface area contributed by atoms with E-state index in [4.69, 9.17) is 37.6 Å². The Balaban J connectivity index is 1.39. The molecule has 3 aromatic rings. The van der Waals surface area contributed by atoms with Crippen LogP contribution >= 0.6 is 0 Å². The Bertz CT molecular complexity index is 1800. The molecule has 0 unspecified atom stereocenters. The number of fused-ring (bicyclic) bond motifs is 1. The third-order valence-corrected chi connectivity index (χ3v) is 9.52. The molecule has 0 amide bonds. The van der Waals surface area contributed by atoms with Gasteiger partial charge >= 0.3 is 0 Å². The second kappa shape index (κ2) is 16.2. The number of aliphatic hydroxyl groups excluding tert-OH is 9. The van der Waals surface area contributed by atoms with Crippen molar-refractivity contribution in [2.24, 2.45) is 0 Å². The first-order chi connectivity index (χ1) is 25.6. The number of phenolic OH excluding ortho intramolecular Hbond substituents is 2. The molecule has 0 bridgehead atoms. The van der Waals surface area contributed by atoms with Crippen molar-refractivity contribution in [3.05, 3.63) is 46.6 Å². The molecule has 4 heterocycles. The Morgan fingerprint density at radius 3 is 2.02 bits per heavy atom. The summed E-state index contributed by atoms with van der Waals surface area (Å²) in [7, 11) is 1.42. The van der Waals surface area contributed by atoms with Crippen molar-refractivity contribution in [3.8, 4) is 34.3 Å². The van der Waals surface area contributed by atoms with Gasteiger partial charge in [0.1, 0.15) is 89.3 Å². The SMILES string of the molecule is COc1ccc(-c2oc3cc(O)cc(O)c3c(=O)c2O[C@@H]2O[C@@H](CO[C@@H]3O[C@@H](C)[C@@H](O)[C@@H](O)[C@H]3O)[C@@H](O)[C@H](O)[C@@H]2O[C@@H]2O[C@@H](CO)[C@@H](O)[C@@H](O)[C@H]2O)cc1. The van der Waals surface area contributed by atoms with Crippen LogP contribution in [-0.2, 0) is 23.7 Å². The van der Waals surface area contributed by atoms with Gasteiger partial charge in [-0.05, 0) is 31.2 Å². The molecule has 298 valence electrons. The Morgan fingerprint density at radius 2 is 1.35 bits per heavy atom. The van der Waals surface area contributed by atoms with E-state index in [9.17, 15) is 61.0 Å². The van der Waals surface area contributed by atoms with E-state index < -0.39 is 133 Å². The van der Waals surface area contributed by atoms with Gasteiger partial charge in [0.05, 0.1) is 26.4 Å². The summed E-state index contributed by atoms with van der Waals surface area (Å²) < 4.78 is 45.5. The van der Waals surface area contributed by atoms with E-state index in [1.165, 1.54) is 38.3 Å². The van der Waals surface area contributed by atoms with Gasteiger partial charge in [0, 0.05) is 17.7 Å². The summed E-state index contributed by atoms with van der Waals surface area (Å²) in [6.07, 6.45) is -25.9. The summed E-state index contributed by atoms with van der Waals surface area (Å²) in [6, 6.07) is 7.97. The van der Waals surface area contributed by atoms with Crippen molar-refractivity contribution in [3.63, 3.8) is 0 Å². The van der Waals surface area contributed by atoms with Crippen molar-refractivity contribution >= 4 is 11.0 Å². The maximum Gasteiger partial charge on any atom is 0.239 e. The molecule has 3 aliphatic heterocycles. The molecule has 3 fully saturated rings. The van der Waals surface area contributed by atoms with Gasteiger partial charge in [0.15, 0.2) is 24.4 Å². The van der Waals surface area contributed by atoms with Crippen molar-refractivity contribution in [2.75, 3.05) is 20.3 Å². The lowest BCUT2D eigenvalue weighted by molar-refractivity contribution is -0.362. The van der Waals surface area contributed by atoms with Crippen LogP contribution in [0.4, 0.5) is 0 Å². The van der Waals surface area contributed by atoms with Gasteiger partial charge in [-0.3, -0.25) is 4.79 Å². The third-order valence-electron chi connectivity index (χ3n) is 9.52. The Hall–Kier alpha value is -3.71. The molecular weight excluding hydrogens is 728 g/mol. The quantitative estimate of drug-likeness (QED) is 0.0964. The van der Waals surface area contributed by atoms with Gasteiger partial charge in [-0.15, -0.1) is 0 Å². The molecule has 20 heteroatoms. The minimum Gasteiger partial charge on any atom is -0.508 e. The number of aromatic hydroxyl groups is 2. The molecule has 15 atom stereocenters. The van der Waals surface area contributed by atoms with E-state index in [0.717, 1.165) is 12.1 Å². The van der Waals surface area contributed by atoms with Gasteiger partial charge in [-0.25, -0.2) is 0 Å². The molecule has 0 spiro atoms. The van der Waals surface area contributed by atoms with Crippen molar-refractivity contribution in [1.29, 1.82) is 0 Å². The van der Waals surface area contributed by atoms with Crippen LogP contribution in [0.3, 0.4) is 0 Å². The highest BCUT2D eigenvalue weighted by Gasteiger charge is 2.52. The van der Waals surface area contributed by atoms with Crippen molar-refractivity contribution in [1.82, 2.24) is 0 Å². The Kier molecular flexibility index (Phi) is 12.0. The first kappa shape index (κ1) is 40.0. The van der Waals surface area contributed by atoms with E-state index in [1.54, 1.807) is 0 Å². The maximum absolute atomic E-state index is 14.1. The number of hydrogen-bond acceptors (Lipinski definition) is 20. The number of rotatable bonds is 10. The summed E-state index contributed by atoms with van der Waals surface area (Å²) in [4.78, 5) is 14.1. The lowest BCUT2D eigenvalue weighted by Gasteiger charge is -2.46. The van der Waals surface area contributed by atoms with Crippen molar-refractivity contribution in [2.45, 2.75) is 99.0 Å². The Labute approximate surface area is 305 Å². The van der Waals surface area contributed by atoms with Crippen LogP contribution in [0.5, 0.6) is 23.0 Å². The molecule has 20 nitrogen and oxygen atoms in total. The molecule has 0 radical (unpaired) electrons. The summed E-state index contributed by atoms with van der Waals surface area (Å²) >= 11 is 0. The number of hydrogen-bond donors (Lipinski definition) is 11. The lowest BCUT2D eigenvalue weighted by Crippen LogP contribution is -2.65. The van der Waals surface area contributed by atoms with Gasteiger partial charge in [0.25, 0.3) is 0 Å². The fourth-order valence-electron chi connectivity index (χ4n) is 6.38. The van der Waals surface area contributed by atoms with Crippen LogP contribution in [0.2, 0.25) is 0 Å². The molecule has 1 aromatic heterocycles. The fourth-order valence-corrected chi connectivity index (χ4v) is 6.38. The van der Waals surface area contributed by atoms with Crippen LogP contribution in [-0.4, -0.2) is 169 Å². The fraction of sp³-hybridized carbons (Fsp3) is 0.559. The second-order valence-corrected chi connectivity index (χ2v) is 13.1. The van der Waals surface area contributed by atoms with E-state index in [1.807, 2.05) is 0 Å². The normalized spacial score (nSPS) is 37.3. The van der Waals surface area contributed by atoms with Gasteiger partial charge in [-0.2, -0.15) is 0 Å². The van der Waals surface area contributed by atoms with Gasteiger partial charge < -0.3 is 93.7 Å². The monoisotopic (exact) mass is 770 g/mol. The number of ether oxygens (including phenoxy) is 7. The van der Waals surface area contributed by atoms with E-state index in [-0.39, 0.29) is 16.9 Å². The predicted molar refractivity (Wildman–Crippen MR) is 176 cm³/mol. The predicted octanol–water partition coefficient (Wildman–Crippen LogP) is -3.27. The minimum atomic E-state index is -2.05. The molecule has 3 saturated heterocycles. The van der Waals surface area contributed by atoms with E-state index >= 15 is 0 Å². The molecule has 2 aromatic carbocycles. The first-order valence-corrected chi connectivity index (χ1v) is 16.8. The molecule has 11 N–H and O–H groups in total. The molecular formula is C34H42O20. The highest BCUT2D eigenvalue weighted by molar-refractivity contribution is 5.88. The summed E-state index contributed by atoms with van der Waals surface area (Å²) in [5.41, 5.74) is -1.07. The van der Waals surface area contributed by atoms with E-state index in [0.29, 0.717) is 5.75 Å². The summed E-state index contributed by atoms with van der Waals surface area (Å²) in [5, 5.41) is 115. The summed E-state index contributed by atoms with van der Waals surface area (Å²) in [6.45, 7) is -0.108. The highest BCUT2D eigenvalue weighted by Crippen LogP contribution is 2.39. The second-order valence-electron chi connectivity index (χ2n) is 13.1. The lowest BCUT2D eigenvalue weighted by atomic mass is 9.97. The number of methoxy groups -OCH3 is 1.